The first-order chi connectivity index (χ1) is 11.3. The van der Waals surface area contributed by atoms with E-state index in [1.165, 1.54) is 0 Å². The highest BCUT2D eigenvalue weighted by molar-refractivity contribution is 7.96. The zero-order valence-electron chi connectivity index (χ0n) is 14.8. The van der Waals surface area contributed by atoms with Crippen LogP contribution in [0, 0.1) is 0 Å². The molecule has 0 bridgehead atoms. The highest BCUT2D eigenvalue weighted by Gasteiger charge is 2.24. The molecule has 1 atom stereocenters. The fraction of sp³-hybridized carbons (Fsp3) is 0.300. The van der Waals surface area contributed by atoms with Gasteiger partial charge in [0.25, 0.3) is 0 Å². The minimum absolute atomic E-state index is 0.349. The van der Waals surface area contributed by atoms with E-state index in [1.807, 2.05) is 75.4 Å². The summed E-state index contributed by atoms with van der Waals surface area (Å²) in [6, 6.07) is 15.4. The van der Waals surface area contributed by atoms with Crippen molar-refractivity contribution in [3.63, 3.8) is 0 Å². The number of benzene rings is 2. The van der Waals surface area contributed by atoms with Crippen LogP contribution in [0.1, 0.15) is 31.9 Å². The molecule has 0 aliphatic carbocycles. The second-order valence-electron chi connectivity index (χ2n) is 6.39. The Morgan fingerprint density at radius 2 is 1.33 bits per heavy atom. The van der Waals surface area contributed by atoms with Crippen LogP contribution in [-0.2, 0) is 10.8 Å². The molecule has 0 radical (unpaired) electrons. The molecule has 128 valence electrons. The summed E-state index contributed by atoms with van der Waals surface area (Å²) in [6.07, 6.45) is 1.97. The van der Waals surface area contributed by atoms with Gasteiger partial charge in [-0.1, -0.05) is 24.3 Å². The maximum absolute atomic E-state index is 13.0. The molecule has 0 saturated heterocycles. The van der Waals surface area contributed by atoms with Crippen molar-refractivity contribution in [1.29, 1.82) is 0 Å². The van der Waals surface area contributed by atoms with Crippen LogP contribution < -0.4 is 9.47 Å². The van der Waals surface area contributed by atoms with E-state index in [1.54, 1.807) is 14.2 Å². The quantitative estimate of drug-likeness (QED) is 0.734. The topological polar surface area (TPSA) is 35.5 Å². The van der Waals surface area contributed by atoms with E-state index in [-0.39, 0.29) is 4.75 Å². The van der Waals surface area contributed by atoms with Crippen LogP contribution in [0.25, 0.3) is 11.0 Å². The van der Waals surface area contributed by atoms with Gasteiger partial charge < -0.3 is 9.47 Å². The molecule has 24 heavy (non-hydrogen) atoms. The van der Waals surface area contributed by atoms with Crippen molar-refractivity contribution >= 4 is 21.8 Å². The molecule has 4 heteroatoms. The van der Waals surface area contributed by atoms with Gasteiger partial charge in [0, 0.05) is 9.65 Å². The lowest BCUT2D eigenvalue weighted by molar-refractivity contribution is 0.414. The molecule has 0 heterocycles. The van der Waals surface area contributed by atoms with Gasteiger partial charge in [-0.25, -0.2) is 0 Å². The molecule has 0 aliphatic rings. The maximum atomic E-state index is 13.0. The first-order valence-electron chi connectivity index (χ1n) is 7.77. The van der Waals surface area contributed by atoms with E-state index < -0.39 is 10.8 Å². The van der Waals surface area contributed by atoms with Crippen molar-refractivity contribution in [2.45, 2.75) is 25.5 Å². The molecule has 2 aromatic carbocycles. The highest BCUT2D eigenvalue weighted by Crippen LogP contribution is 2.30. The van der Waals surface area contributed by atoms with Crippen molar-refractivity contribution < 1.29 is 13.7 Å². The standard InChI is InChI=1S/C20H24O3S/c1-20(2,3)24(21)19(16-8-12-18(23-5)13-9-16)14-15-6-10-17(22-4)11-7-15/h6-14H,1-5H3/b19-14-. The lowest BCUT2D eigenvalue weighted by Crippen LogP contribution is -2.22. The van der Waals surface area contributed by atoms with Crippen molar-refractivity contribution in [3.8, 4) is 11.5 Å². The average Bonchev–Trinajstić information content (AvgIpc) is 2.59. The molecule has 0 aliphatic heterocycles. The van der Waals surface area contributed by atoms with Gasteiger partial charge in [-0.15, -0.1) is 0 Å². The van der Waals surface area contributed by atoms with Crippen LogP contribution in [0.15, 0.2) is 48.5 Å². The fourth-order valence-electron chi connectivity index (χ4n) is 2.18. The molecule has 0 N–H and O–H groups in total. The predicted molar refractivity (Wildman–Crippen MR) is 102 cm³/mol. The minimum atomic E-state index is -1.15. The number of ether oxygens (including phenoxy) is 2. The first kappa shape index (κ1) is 18.3. The van der Waals surface area contributed by atoms with Crippen molar-refractivity contribution in [1.82, 2.24) is 0 Å². The Kier molecular flexibility index (Phi) is 5.84. The summed E-state index contributed by atoms with van der Waals surface area (Å²) in [5.74, 6) is 1.58. The minimum Gasteiger partial charge on any atom is -0.497 e. The van der Waals surface area contributed by atoms with Crippen molar-refractivity contribution in [3.05, 3.63) is 59.7 Å². The van der Waals surface area contributed by atoms with Gasteiger partial charge in [0.1, 0.15) is 11.5 Å². The van der Waals surface area contributed by atoms with Gasteiger partial charge in [0.05, 0.1) is 25.0 Å². The van der Waals surface area contributed by atoms with Crippen LogP contribution >= 0.6 is 0 Å². The monoisotopic (exact) mass is 344 g/mol. The van der Waals surface area contributed by atoms with Gasteiger partial charge in [-0.05, 0) is 62.2 Å². The normalized spacial score (nSPS) is 13.5. The van der Waals surface area contributed by atoms with Crippen molar-refractivity contribution in [2.24, 2.45) is 0 Å². The highest BCUT2D eigenvalue weighted by atomic mass is 32.2. The Labute approximate surface area is 146 Å². The molecule has 0 amide bonds. The van der Waals surface area contributed by atoms with E-state index in [0.29, 0.717) is 0 Å². The van der Waals surface area contributed by atoms with Crippen LogP contribution in [0.4, 0.5) is 0 Å². The van der Waals surface area contributed by atoms with Crippen LogP contribution in [-0.4, -0.2) is 23.2 Å². The summed E-state index contributed by atoms with van der Waals surface area (Å²) in [7, 11) is 2.12. The second kappa shape index (κ2) is 7.67. The third-order valence-electron chi connectivity index (χ3n) is 3.54. The molecule has 2 aromatic rings. The summed E-state index contributed by atoms with van der Waals surface area (Å²) in [4.78, 5) is 0.801. The lowest BCUT2D eigenvalue weighted by atomic mass is 10.1. The SMILES string of the molecule is COc1ccc(/C=C(/c2ccc(OC)cc2)S(=O)C(C)(C)C)cc1. The Bertz CT molecular complexity index is 723. The zero-order valence-corrected chi connectivity index (χ0v) is 15.6. The van der Waals surface area contributed by atoms with E-state index in [4.69, 9.17) is 9.47 Å². The zero-order chi connectivity index (χ0) is 17.7. The first-order valence-corrected chi connectivity index (χ1v) is 8.92. The fourth-order valence-corrected chi connectivity index (χ4v) is 3.43. The summed E-state index contributed by atoms with van der Waals surface area (Å²) in [6.45, 7) is 5.94. The maximum Gasteiger partial charge on any atom is 0.118 e. The molecule has 1 unspecified atom stereocenters. The summed E-state index contributed by atoms with van der Waals surface area (Å²) < 4.78 is 23.1. The van der Waals surface area contributed by atoms with E-state index >= 15 is 0 Å². The number of methoxy groups -OCH3 is 2. The number of hydrogen-bond acceptors (Lipinski definition) is 3. The smallest absolute Gasteiger partial charge is 0.118 e. The van der Waals surface area contributed by atoms with E-state index in [9.17, 15) is 4.21 Å². The Hall–Kier alpha value is -2.07. The molecule has 0 aromatic heterocycles. The van der Waals surface area contributed by atoms with Crippen LogP contribution in [0.2, 0.25) is 0 Å². The summed E-state index contributed by atoms with van der Waals surface area (Å²) in [5.41, 5.74) is 1.92. The van der Waals surface area contributed by atoms with Gasteiger partial charge in [-0.2, -0.15) is 0 Å². The Balaban J connectivity index is 2.48. The molecular weight excluding hydrogens is 320 g/mol. The third-order valence-corrected chi connectivity index (χ3v) is 5.41. The third kappa shape index (κ3) is 4.48. The predicted octanol–water partition coefficient (Wildman–Crippen LogP) is 4.75. The Morgan fingerprint density at radius 1 is 0.875 bits per heavy atom. The Morgan fingerprint density at radius 3 is 1.75 bits per heavy atom. The van der Waals surface area contributed by atoms with Crippen molar-refractivity contribution in [2.75, 3.05) is 14.2 Å². The molecule has 0 saturated carbocycles. The second-order valence-corrected chi connectivity index (χ2v) is 8.59. The molecule has 0 fully saturated rings. The largest absolute Gasteiger partial charge is 0.497 e. The number of hydrogen-bond donors (Lipinski definition) is 0. The molecule has 0 spiro atoms. The van der Waals surface area contributed by atoms with Gasteiger partial charge in [0.15, 0.2) is 0 Å². The van der Waals surface area contributed by atoms with Gasteiger partial charge in [-0.3, -0.25) is 4.21 Å². The molecular formula is C20H24O3S. The molecule has 2 rings (SSSR count). The summed E-state index contributed by atoms with van der Waals surface area (Å²) in [5, 5.41) is 0. The summed E-state index contributed by atoms with van der Waals surface area (Å²) >= 11 is 0. The van der Waals surface area contributed by atoms with E-state index in [0.717, 1.165) is 27.5 Å². The van der Waals surface area contributed by atoms with Crippen LogP contribution in [0.5, 0.6) is 11.5 Å². The van der Waals surface area contributed by atoms with Gasteiger partial charge in [0.2, 0.25) is 0 Å². The van der Waals surface area contributed by atoms with E-state index in [2.05, 4.69) is 0 Å². The number of rotatable bonds is 5. The molecule has 3 nitrogen and oxygen atoms in total. The van der Waals surface area contributed by atoms with Gasteiger partial charge >= 0.3 is 0 Å². The average molecular weight is 344 g/mol. The van der Waals surface area contributed by atoms with Crippen LogP contribution in [0.3, 0.4) is 0 Å². The lowest BCUT2D eigenvalue weighted by Gasteiger charge is -2.20.